The summed E-state index contributed by atoms with van der Waals surface area (Å²) in [4.78, 5) is 15.8. The number of carbonyl (C=O) groups is 1. The number of primary amides is 1. The van der Waals surface area contributed by atoms with Crippen molar-refractivity contribution in [1.29, 1.82) is 0 Å². The van der Waals surface area contributed by atoms with E-state index in [1.165, 1.54) is 0 Å². The van der Waals surface area contributed by atoms with Gasteiger partial charge in [0.05, 0.1) is 22.9 Å². The van der Waals surface area contributed by atoms with Gasteiger partial charge in [0.25, 0.3) is 5.91 Å². The van der Waals surface area contributed by atoms with Crippen molar-refractivity contribution in [3.63, 3.8) is 0 Å². The van der Waals surface area contributed by atoms with Crippen LogP contribution in [0.15, 0.2) is 12.1 Å². The first-order valence-corrected chi connectivity index (χ1v) is 7.52. The maximum Gasteiger partial charge on any atom is 0.514 e. The van der Waals surface area contributed by atoms with Crippen LogP contribution in [0.2, 0.25) is 0 Å². The van der Waals surface area contributed by atoms with Crippen LogP contribution in [0.1, 0.15) is 51.0 Å². The number of hydrogen-bond donors (Lipinski definition) is 1. The quantitative estimate of drug-likeness (QED) is 0.840. The van der Waals surface area contributed by atoms with Crippen molar-refractivity contribution in [2.45, 2.75) is 57.8 Å². The molecule has 1 saturated heterocycles. The minimum absolute atomic E-state index is 0.155. The second kappa shape index (κ2) is 4.96. The molecule has 0 bridgehead atoms. The van der Waals surface area contributed by atoms with Gasteiger partial charge in [0, 0.05) is 6.07 Å². The van der Waals surface area contributed by atoms with Crippen LogP contribution in [0.4, 0.5) is 0 Å². The molecule has 22 heavy (non-hydrogen) atoms. The number of carbonyl (C=O) groups excluding carboxylic acids is 1. The molecule has 2 aliphatic rings. The van der Waals surface area contributed by atoms with Gasteiger partial charge in [-0.1, -0.05) is 0 Å². The number of hydrogen-bond acceptors (Lipinski definition) is 5. The predicted molar refractivity (Wildman–Crippen MR) is 82.1 cm³/mol. The number of aromatic nitrogens is 1. The fourth-order valence-electron chi connectivity index (χ4n) is 2.18. The lowest BCUT2D eigenvalue weighted by atomic mass is 9.84. The second-order valence-electron chi connectivity index (χ2n) is 6.88. The highest BCUT2D eigenvalue weighted by Gasteiger charge is 2.52. The van der Waals surface area contributed by atoms with Gasteiger partial charge in [0.15, 0.2) is 0 Å². The molecule has 0 aromatic carbocycles. The summed E-state index contributed by atoms with van der Waals surface area (Å²) in [5.41, 5.74) is 5.08. The molecule has 0 unspecified atom stereocenters. The van der Waals surface area contributed by atoms with Gasteiger partial charge in [0.1, 0.15) is 11.4 Å². The SMILES string of the molecule is CC1(C)OB(c2cc(OC3CC3)cc(C(N)=O)n2)OC1(C)C. The highest BCUT2D eigenvalue weighted by atomic mass is 16.7. The molecule has 1 aliphatic carbocycles. The highest BCUT2D eigenvalue weighted by molar-refractivity contribution is 6.61. The number of ether oxygens (including phenoxy) is 1. The lowest BCUT2D eigenvalue weighted by Gasteiger charge is -2.32. The molecule has 1 amide bonds. The van der Waals surface area contributed by atoms with Crippen LogP contribution in [0.5, 0.6) is 5.75 Å². The molecule has 1 aliphatic heterocycles. The first kappa shape index (κ1) is 15.3. The van der Waals surface area contributed by atoms with E-state index in [1.54, 1.807) is 12.1 Å². The zero-order valence-electron chi connectivity index (χ0n) is 13.4. The molecule has 2 fully saturated rings. The van der Waals surface area contributed by atoms with E-state index in [9.17, 15) is 4.79 Å². The van der Waals surface area contributed by atoms with Crippen LogP contribution in [0.3, 0.4) is 0 Å². The third-order valence-electron chi connectivity index (χ3n) is 4.39. The Bertz CT molecular complexity index is 598. The molecular weight excluding hydrogens is 283 g/mol. The van der Waals surface area contributed by atoms with E-state index in [2.05, 4.69) is 4.98 Å². The number of nitrogens with two attached hydrogens (primary N) is 1. The van der Waals surface area contributed by atoms with Crippen molar-refractivity contribution in [3.05, 3.63) is 17.8 Å². The van der Waals surface area contributed by atoms with Crippen LogP contribution < -0.4 is 16.1 Å². The zero-order valence-corrected chi connectivity index (χ0v) is 13.4. The number of pyridine rings is 1. The van der Waals surface area contributed by atoms with E-state index in [0.29, 0.717) is 11.3 Å². The summed E-state index contributed by atoms with van der Waals surface area (Å²) in [6.07, 6.45) is 2.27. The first-order chi connectivity index (χ1) is 10.2. The number of nitrogens with zero attached hydrogens (tertiary/aromatic N) is 1. The average Bonchev–Trinajstić information content (AvgIpc) is 3.16. The molecule has 0 spiro atoms. The molecule has 118 valence electrons. The van der Waals surface area contributed by atoms with Crippen LogP contribution in [0, 0.1) is 0 Å². The molecule has 7 heteroatoms. The monoisotopic (exact) mass is 304 g/mol. The Morgan fingerprint density at radius 1 is 1.27 bits per heavy atom. The molecule has 6 nitrogen and oxygen atoms in total. The normalized spacial score (nSPS) is 22.6. The van der Waals surface area contributed by atoms with Crippen molar-refractivity contribution >= 4 is 18.6 Å². The topological polar surface area (TPSA) is 83.7 Å². The van der Waals surface area contributed by atoms with Gasteiger partial charge < -0.3 is 19.8 Å². The second-order valence-corrected chi connectivity index (χ2v) is 6.88. The Kier molecular flexibility index (Phi) is 3.45. The Labute approximate surface area is 130 Å². The van der Waals surface area contributed by atoms with Crippen molar-refractivity contribution < 1.29 is 18.8 Å². The lowest BCUT2D eigenvalue weighted by Crippen LogP contribution is -2.41. The van der Waals surface area contributed by atoms with Crippen LogP contribution in [-0.2, 0) is 9.31 Å². The van der Waals surface area contributed by atoms with Gasteiger partial charge >= 0.3 is 7.12 Å². The van der Waals surface area contributed by atoms with E-state index in [1.807, 2.05) is 27.7 Å². The van der Waals surface area contributed by atoms with E-state index in [0.717, 1.165) is 12.8 Å². The predicted octanol–water partition coefficient (Wildman–Crippen LogP) is 1.02. The van der Waals surface area contributed by atoms with Crippen LogP contribution in [0.25, 0.3) is 0 Å². The van der Waals surface area contributed by atoms with Crippen molar-refractivity contribution in [2.75, 3.05) is 0 Å². The van der Waals surface area contributed by atoms with Gasteiger partial charge in [-0.2, -0.15) is 0 Å². The van der Waals surface area contributed by atoms with Gasteiger partial charge in [-0.15, -0.1) is 0 Å². The van der Waals surface area contributed by atoms with Crippen molar-refractivity contribution in [1.82, 2.24) is 4.98 Å². The molecule has 1 aromatic rings. The van der Waals surface area contributed by atoms with Crippen LogP contribution in [-0.4, -0.2) is 35.3 Å². The minimum atomic E-state index is -0.647. The van der Waals surface area contributed by atoms with E-state index < -0.39 is 24.2 Å². The van der Waals surface area contributed by atoms with Gasteiger partial charge in [-0.25, -0.2) is 0 Å². The standard InChI is InChI=1S/C15H21BN2O4/c1-14(2)15(3,4)22-16(21-14)12-8-10(20-9-5-6-9)7-11(18-12)13(17)19/h7-9H,5-6H2,1-4H3,(H2,17,19). The lowest BCUT2D eigenvalue weighted by molar-refractivity contribution is 0.00578. The Balaban J connectivity index is 1.92. The van der Waals surface area contributed by atoms with Crippen molar-refractivity contribution in [2.24, 2.45) is 5.73 Å². The van der Waals surface area contributed by atoms with Gasteiger partial charge in [0.2, 0.25) is 0 Å². The Hall–Kier alpha value is -1.60. The fourth-order valence-corrected chi connectivity index (χ4v) is 2.18. The van der Waals surface area contributed by atoms with Gasteiger partial charge in [-0.05, 0) is 46.6 Å². The highest BCUT2D eigenvalue weighted by Crippen LogP contribution is 2.36. The first-order valence-electron chi connectivity index (χ1n) is 7.52. The van der Waals surface area contributed by atoms with Crippen molar-refractivity contribution in [3.8, 4) is 5.75 Å². The molecule has 0 radical (unpaired) electrons. The molecule has 1 aromatic heterocycles. The summed E-state index contributed by atoms with van der Waals surface area (Å²) in [6, 6.07) is 3.32. The maximum atomic E-state index is 11.5. The largest absolute Gasteiger partial charge is 0.514 e. The zero-order chi connectivity index (χ0) is 16.1. The van der Waals surface area contributed by atoms with E-state index in [4.69, 9.17) is 19.8 Å². The molecular formula is C15H21BN2O4. The Morgan fingerprint density at radius 2 is 1.86 bits per heavy atom. The number of rotatable bonds is 4. The summed E-state index contributed by atoms with van der Waals surface area (Å²) >= 11 is 0. The maximum absolute atomic E-state index is 11.5. The molecule has 2 N–H and O–H groups in total. The molecule has 0 atom stereocenters. The summed E-state index contributed by atoms with van der Waals surface area (Å²) in [7, 11) is -0.647. The summed E-state index contributed by atoms with van der Waals surface area (Å²) in [5, 5.41) is 0. The molecule has 2 heterocycles. The minimum Gasteiger partial charge on any atom is -0.490 e. The average molecular weight is 304 g/mol. The smallest absolute Gasteiger partial charge is 0.490 e. The Morgan fingerprint density at radius 3 is 2.36 bits per heavy atom. The van der Waals surface area contributed by atoms with Gasteiger partial charge in [-0.3, -0.25) is 9.78 Å². The van der Waals surface area contributed by atoms with E-state index in [-0.39, 0.29) is 11.8 Å². The fraction of sp³-hybridized carbons (Fsp3) is 0.600. The summed E-state index contributed by atoms with van der Waals surface area (Å²) in [5.74, 6) is -0.0185. The number of amides is 1. The summed E-state index contributed by atoms with van der Waals surface area (Å²) < 4.78 is 17.7. The summed E-state index contributed by atoms with van der Waals surface area (Å²) in [6.45, 7) is 7.86. The third kappa shape index (κ3) is 2.83. The molecule has 3 rings (SSSR count). The van der Waals surface area contributed by atoms with Crippen LogP contribution >= 0.6 is 0 Å². The third-order valence-corrected chi connectivity index (χ3v) is 4.39. The molecule has 1 saturated carbocycles. The van der Waals surface area contributed by atoms with E-state index >= 15 is 0 Å².